The summed E-state index contributed by atoms with van der Waals surface area (Å²) in [6.45, 7) is 0.352. The van der Waals surface area contributed by atoms with Gasteiger partial charge in [-0.3, -0.25) is 4.79 Å². The highest BCUT2D eigenvalue weighted by Crippen LogP contribution is 2.20. The fraction of sp³-hybridized carbons (Fsp3) is 0.278. The molecule has 0 heterocycles. The summed E-state index contributed by atoms with van der Waals surface area (Å²) in [5.41, 5.74) is 1.68. The number of rotatable bonds is 8. The fourth-order valence-electron chi connectivity index (χ4n) is 2.42. The Hall–Kier alpha value is -1.72. The molecule has 0 aromatic heterocycles. The van der Waals surface area contributed by atoms with Crippen molar-refractivity contribution in [3.05, 3.63) is 69.9 Å². The summed E-state index contributed by atoms with van der Waals surface area (Å²) in [5.74, 6) is -1.10. The van der Waals surface area contributed by atoms with E-state index in [-0.39, 0.29) is 18.3 Å². The number of hydrogen-bond donors (Lipinski definition) is 2. The molecular weight excluding hydrogens is 361 g/mol. The summed E-state index contributed by atoms with van der Waals surface area (Å²) in [5, 5.41) is 12.2. The molecule has 0 aliphatic carbocycles. The fourth-order valence-corrected chi connectivity index (χ4v) is 2.90. The number of benzene rings is 2. The lowest BCUT2D eigenvalue weighted by Crippen LogP contribution is -2.31. The zero-order valence-corrected chi connectivity index (χ0v) is 14.2. The molecule has 0 radical (unpaired) electrons. The zero-order valence-electron chi connectivity index (χ0n) is 12.6. The third kappa shape index (κ3) is 5.77. The quantitative estimate of drug-likeness (QED) is 0.723. The SMILES string of the molecule is O=C(O)CCC(Cc1ccccc1)NCc1c(F)cccc1Br. The van der Waals surface area contributed by atoms with E-state index in [4.69, 9.17) is 5.11 Å². The molecule has 2 rings (SSSR count). The van der Waals surface area contributed by atoms with Crippen LogP contribution in [0.1, 0.15) is 24.0 Å². The molecule has 0 bridgehead atoms. The van der Waals surface area contributed by atoms with Gasteiger partial charge in [-0.1, -0.05) is 52.3 Å². The predicted molar refractivity (Wildman–Crippen MR) is 91.7 cm³/mol. The highest BCUT2D eigenvalue weighted by atomic mass is 79.9. The Kier molecular flexibility index (Phi) is 6.74. The van der Waals surface area contributed by atoms with Gasteiger partial charge in [0.05, 0.1) is 0 Å². The largest absolute Gasteiger partial charge is 0.481 e. The molecule has 1 unspecified atom stereocenters. The number of carboxylic acids is 1. The van der Waals surface area contributed by atoms with Gasteiger partial charge < -0.3 is 10.4 Å². The average Bonchev–Trinajstić information content (AvgIpc) is 2.52. The number of carbonyl (C=O) groups is 1. The molecule has 2 aromatic rings. The van der Waals surface area contributed by atoms with Crippen molar-refractivity contribution in [3.8, 4) is 0 Å². The summed E-state index contributed by atoms with van der Waals surface area (Å²) < 4.78 is 14.6. The molecule has 0 saturated carbocycles. The van der Waals surface area contributed by atoms with Gasteiger partial charge in [-0.15, -0.1) is 0 Å². The monoisotopic (exact) mass is 379 g/mol. The minimum absolute atomic E-state index is 0.0278. The smallest absolute Gasteiger partial charge is 0.303 e. The van der Waals surface area contributed by atoms with E-state index in [0.29, 0.717) is 29.4 Å². The van der Waals surface area contributed by atoms with Gasteiger partial charge in [0.1, 0.15) is 5.82 Å². The van der Waals surface area contributed by atoms with Crippen LogP contribution in [0.25, 0.3) is 0 Å². The Labute approximate surface area is 143 Å². The second kappa shape index (κ2) is 8.79. The molecule has 122 valence electrons. The van der Waals surface area contributed by atoms with Crippen molar-refractivity contribution in [3.63, 3.8) is 0 Å². The van der Waals surface area contributed by atoms with Crippen LogP contribution in [0.15, 0.2) is 53.0 Å². The molecule has 0 aliphatic heterocycles. The Bertz CT molecular complexity index is 628. The molecule has 2 aromatic carbocycles. The van der Waals surface area contributed by atoms with Gasteiger partial charge in [-0.2, -0.15) is 0 Å². The Morgan fingerprint density at radius 3 is 2.57 bits per heavy atom. The lowest BCUT2D eigenvalue weighted by molar-refractivity contribution is -0.137. The first-order chi connectivity index (χ1) is 11.1. The molecule has 23 heavy (non-hydrogen) atoms. The Morgan fingerprint density at radius 1 is 1.17 bits per heavy atom. The zero-order chi connectivity index (χ0) is 16.7. The van der Waals surface area contributed by atoms with Gasteiger partial charge in [0.25, 0.3) is 0 Å². The molecule has 0 fully saturated rings. The predicted octanol–water partition coefficient (Wildman–Crippen LogP) is 4.15. The number of aliphatic carboxylic acids is 1. The van der Waals surface area contributed by atoms with Gasteiger partial charge in [0.15, 0.2) is 0 Å². The first kappa shape index (κ1) is 17.6. The van der Waals surface area contributed by atoms with Crippen molar-refractivity contribution in [2.45, 2.75) is 31.8 Å². The summed E-state index contributed by atoms with van der Waals surface area (Å²) in [4.78, 5) is 10.8. The molecule has 0 amide bonds. The molecule has 2 N–H and O–H groups in total. The van der Waals surface area contributed by atoms with Gasteiger partial charge in [0.2, 0.25) is 0 Å². The van der Waals surface area contributed by atoms with Gasteiger partial charge >= 0.3 is 5.97 Å². The minimum atomic E-state index is -0.822. The van der Waals surface area contributed by atoms with Gasteiger partial charge in [-0.25, -0.2) is 4.39 Å². The number of nitrogens with one attached hydrogen (secondary N) is 1. The van der Waals surface area contributed by atoms with Crippen LogP contribution in [-0.2, 0) is 17.8 Å². The van der Waals surface area contributed by atoms with Crippen molar-refractivity contribution in [1.82, 2.24) is 5.32 Å². The number of carboxylic acid groups (broad SMARTS) is 1. The van der Waals surface area contributed by atoms with E-state index in [9.17, 15) is 9.18 Å². The highest BCUT2D eigenvalue weighted by molar-refractivity contribution is 9.10. The summed E-state index contributed by atoms with van der Waals surface area (Å²) >= 11 is 3.35. The van der Waals surface area contributed by atoms with Crippen molar-refractivity contribution >= 4 is 21.9 Å². The number of hydrogen-bond acceptors (Lipinski definition) is 2. The molecule has 0 aliphatic rings. The van der Waals surface area contributed by atoms with Crippen LogP contribution in [0.2, 0.25) is 0 Å². The van der Waals surface area contributed by atoms with E-state index < -0.39 is 5.97 Å². The lowest BCUT2D eigenvalue weighted by atomic mass is 10.0. The van der Waals surface area contributed by atoms with Crippen LogP contribution in [0.4, 0.5) is 4.39 Å². The normalized spacial score (nSPS) is 12.1. The number of halogens is 2. The second-order valence-electron chi connectivity index (χ2n) is 5.40. The summed E-state index contributed by atoms with van der Waals surface area (Å²) in [6.07, 6.45) is 1.29. The maximum Gasteiger partial charge on any atom is 0.303 e. The van der Waals surface area contributed by atoms with Crippen molar-refractivity contribution < 1.29 is 14.3 Å². The van der Waals surface area contributed by atoms with Crippen molar-refractivity contribution in [2.75, 3.05) is 0 Å². The molecule has 5 heteroatoms. The van der Waals surface area contributed by atoms with Crippen LogP contribution in [0.5, 0.6) is 0 Å². The summed E-state index contributed by atoms with van der Waals surface area (Å²) in [7, 11) is 0. The molecule has 3 nitrogen and oxygen atoms in total. The van der Waals surface area contributed by atoms with E-state index in [0.717, 1.165) is 5.56 Å². The van der Waals surface area contributed by atoms with Gasteiger partial charge in [0, 0.05) is 29.0 Å². The summed E-state index contributed by atoms with van der Waals surface area (Å²) in [6, 6.07) is 14.7. The first-order valence-corrected chi connectivity index (χ1v) is 8.27. The standard InChI is InChI=1S/C18H19BrFNO2/c19-16-7-4-8-17(20)15(16)12-21-14(9-10-18(22)23)11-13-5-2-1-3-6-13/h1-8,14,21H,9-12H2,(H,22,23). The van der Waals surface area contributed by atoms with Crippen LogP contribution in [0, 0.1) is 5.82 Å². The van der Waals surface area contributed by atoms with Crippen molar-refractivity contribution in [2.24, 2.45) is 0 Å². The van der Waals surface area contributed by atoms with Crippen LogP contribution >= 0.6 is 15.9 Å². The van der Waals surface area contributed by atoms with Crippen LogP contribution in [-0.4, -0.2) is 17.1 Å². The maximum absolute atomic E-state index is 13.9. The third-order valence-electron chi connectivity index (χ3n) is 3.66. The highest BCUT2D eigenvalue weighted by Gasteiger charge is 2.14. The lowest BCUT2D eigenvalue weighted by Gasteiger charge is -2.19. The van der Waals surface area contributed by atoms with Gasteiger partial charge in [-0.05, 0) is 30.5 Å². The van der Waals surface area contributed by atoms with E-state index in [2.05, 4.69) is 21.2 Å². The van der Waals surface area contributed by atoms with E-state index in [1.807, 2.05) is 30.3 Å². The molecular formula is C18H19BrFNO2. The minimum Gasteiger partial charge on any atom is -0.481 e. The molecule has 0 saturated heterocycles. The van der Waals surface area contributed by atoms with Crippen LogP contribution in [0.3, 0.4) is 0 Å². The Balaban J connectivity index is 2.03. The average molecular weight is 380 g/mol. The second-order valence-corrected chi connectivity index (χ2v) is 6.25. The van der Waals surface area contributed by atoms with E-state index in [1.54, 1.807) is 12.1 Å². The topological polar surface area (TPSA) is 49.3 Å². The molecule has 1 atom stereocenters. The van der Waals surface area contributed by atoms with E-state index in [1.165, 1.54) is 6.07 Å². The molecule has 0 spiro atoms. The van der Waals surface area contributed by atoms with Crippen molar-refractivity contribution in [1.29, 1.82) is 0 Å². The van der Waals surface area contributed by atoms with E-state index >= 15 is 0 Å². The first-order valence-electron chi connectivity index (χ1n) is 7.48. The van der Waals surface area contributed by atoms with Crippen LogP contribution < -0.4 is 5.32 Å². The maximum atomic E-state index is 13.9. The Morgan fingerprint density at radius 2 is 1.91 bits per heavy atom. The third-order valence-corrected chi connectivity index (χ3v) is 4.40.